The molecule has 2 fully saturated rings. The van der Waals surface area contributed by atoms with Gasteiger partial charge in [-0.15, -0.1) is 11.8 Å². The molecule has 2 aromatic carbocycles. The minimum atomic E-state index is -0.486. The maximum absolute atomic E-state index is 6.61. The average molecular weight is 298 g/mol. The van der Waals surface area contributed by atoms with Gasteiger partial charge in [-0.3, -0.25) is 0 Å². The van der Waals surface area contributed by atoms with Gasteiger partial charge in [0.15, 0.2) is 11.4 Å². The second-order valence-electron chi connectivity index (χ2n) is 5.60. The fourth-order valence-corrected chi connectivity index (χ4v) is 4.36. The van der Waals surface area contributed by atoms with Gasteiger partial charge in [-0.25, -0.2) is 10.9 Å². The van der Waals surface area contributed by atoms with E-state index in [1.165, 1.54) is 0 Å². The predicted octanol–water partition coefficient (Wildman–Crippen LogP) is 2.95. The van der Waals surface area contributed by atoms with Crippen LogP contribution in [0, 0.1) is 0 Å². The summed E-state index contributed by atoms with van der Waals surface area (Å²) in [4.78, 5) is 0. The molecule has 21 heavy (non-hydrogen) atoms. The molecule has 0 spiro atoms. The molecule has 2 bridgehead atoms. The molecule has 2 aliphatic heterocycles. The maximum Gasteiger partial charge on any atom is 0.172 e. The molecule has 2 aromatic rings. The Morgan fingerprint density at radius 3 is 2.24 bits per heavy atom. The summed E-state index contributed by atoms with van der Waals surface area (Å²) in [6.07, 6.45) is 0. The SMILES string of the molecule is CC1SCC2(c3ccccc3)NNC1(c1ccccc1)O2. The van der Waals surface area contributed by atoms with Crippen molar-refractivity contribution in [2.24, 2.45) is 0 Å². The van der Waals surface area contributed by atoms with E-state index in [1.807, 2.05) is 23.9 Å². The first-order valence-corrected chi connectivity index (χ1v) is 8.27. The van der Waals surface area contributed by atoms with Crippen molar-refractivity contribution in [3.63, 3.8) is 0 Å². The molecule has 0 aliphatic carbocycles. The zero-order valence-electron chi connectivity index (χ0n) is 11.9. The molecule has 0 aromatic heterocycles. The number of hydrogen-bond acceptors (Lipinski definition) is 4. The van der Waals surface area contributed by atoms with Gasteiger partial charge < -0.3 is 4.74 Å². The van der Waals surface area contributed by atoms with Gasteiger partial charge in [0.05, 0.1) is 5.25 Å². The highest BCUT2D eigenvalue weighted by Gasteiger charge is 2.57. The van der Waals surface area contributed by atoms with E-state index in [-0.39, 0.29) is 0 Å². The number of fused-ring (bicyclic) bond motifs is 2. The van der Waals surface area contributed by atoms with Crippen molar-refractivity contribution >= 4 is 11.8 Å². The number of rotatable bonds is 2. The van der Waals surface area contributed by atoms with Crippen molar-refractivity contribution in [3.8, 4) is 0 Å². The summed E-state index contributed by atoms with van der Waals surface area (Å²) in [5, 5.41) is 0.326. The van der Waals surface area contributed by atoms with Crippen LogP contribution in [0.1, 0.15) is 18.1 Å². The van der Waals surface area contributed by atoms with Crippen LogP contribution in [0.25, 0.3) is 0 Å². The Morgan fingerprint density at radius 2 is 1.57 bits per heavy atom. The molecule has 3 nitrogen and oxygen atoms in total. The summed E-state index contributed by atoms with van der Waals surface area (Å²) in [6.45, 7) is 2.21. The number of hydrazine groups is 1. The summed E-state index contributed by atoms with van der Waals surface area (Å²) < 4.78 is 6.61. The topological polar surface area (TPSA) is 33.3 Å². The summed E-state index contributed by atoms with van der Waals surface area (Å²) in [5.74, 6) is 0.889. The fourth-order valence-electron chi connectivity index (χ4n) is 3.10. The lowest BCUT2D eigenvalue weighted by Crippen LogP contribution is -2.49. The minimum absolute atomic E-state index is 0.326. The normalized spacial score (nSPS) is 34.8. The number of nitrogens with one attached hydrogen (secondary N) is 2. The Labute approximate surface area is 129 Å². The molecule has 4 rings (SSSR count). The van der Waals surface area contributed by atoms with Crippen molar-refractivity contribution in [3.05, 3.63) is 71.8 Å². The third-order valence-electron chi connectivity index (χ3n) is 4.34. The van der Waals surface area contributed by atoms with E-state index in [1.54, 1.807) is 0 Å². The quantitative estimate of drug-likeness (QED) is 0.893. The highest BCUT2D eigenvalue weighted by molar-refractivity contribution is 8.00. The van der Waals surface area contributed by atoms with Crippen LogP contribution in [0.5, 0.6) is 0 Å². The van der Waals surface area contributed by atoms with Crippen molar-refractivity contribution in [2.45, 2.75) is 23.6 Å². The van der Waals surface area contributed by atoms with E-state index < -0.39 is 11.4 Å². The second kappa shape index (κ2) is 4.85. The van der Waals surface area contributed by atoms with Gasteiger partial charge in [0.1, 0.15) is 0 Å². The largest absolute Gasteiger partial charge is 0.327 e. The third-order valence-corrected chi connectivity index (χ3v) is 5.74. The number of hydrogen-bond donors (Lipinski definition) is 2. The average Bonchev–Trinajstić information content (AvgIpc) is 2.91. The summed E-state index contributed by atoms with van der Waals surface area (Å²) >= 11 is 1.93. The van der Waals surface area contributed by atoms with Crippen molar-refractivity contribution in [1.82, 2.24) is 10.9 Å². The standard InChI is InChI=1S/C17H18N2OS/c1-13-17(15-10-6-3-7-11-15)19-18-16(20-17,12-21-13)14-8-4-2-5-9-14/h2-11,13,18-19H,12H2,1H3. The van der Waals surface area contributed by atoms with E-state index in [2.05, 4.69) is 66.3 Å². The molecule has 4 heteroatoms. The number of thioether (sulfide) groups is 1. The Bertz CT molecular complexity index is 636. The molecule has 2 saturated heterocycles. The maximum atomic E-state index is 6.61. The van der Waals surface area contributed by atoms with Gasteiger partial charge in [0.2, 0.25) is 0 Å². The van der Waals surface area contributed by atoms with E-state index in [9.17, 15) is 0 Å². The molecule has 3 atom stereocenters. The predicted molar refractivity (Wildman–Crippen MR) is 85.5 cm³/mol. The number of ether oxygens (including phenoxy) is 1. The minimum Gasteiger partial charge on any atom is -0.327 e. The van der Waals surface area contributed by atoms with Crippen LogP contribution in [-0.2, 0) is 16.2 Å². The Balaban J connectivity index is 1.78. The lowest BCUT2D eigenvalue weighted by atomic mass is 9.99. The van der Waals surface area contributed by atoms with Crippen LogP contribution in [0.4, 0.5) is 0 Å². The van der Waals surface area contributed by atoms with Crippen LogP contribution < -0.4 is 10.9 Å². The molecule has 108 valence electrons. The van der Waals surface area contributed by atoms with Crippen molar-refractivity contribution < 1.29 is 4.74 Å². The second-order valence-corrected chi connectivity index (χ2v) is 6.93. The Morgan fingerprint density at radius 1 is 0.952 bits per heavy atom. The van der Waals surface area contributed by atoms with Crippen LogP contribution in [0.2, 0.25) is 0 Å². The summed E-state index contributed by atoms with van der Waals surface area (Å²) in [7, 11) is 0. The van der Waals surface area contributed by atoms with Gasteiger partial charge in [-0.05, 0) is 6.92 Å². The van der Waals surface area contributed by atoms with Gasteiger partial charge in [0, 0.05) is 16.9 Å². The van der Waals surface area contributed by atoms with Gasteiger partial charge in [0.25, 0.3) is 0 Å². The lowest BCUT2D eigenvalue weighted by Gasteiger charge is -2.42. The zero-order chi connectivity index (χ0) is 14.3. The van der Waals surface area contributed by atoms with Gasteiger partial charge in [-0.1, -0.05) is 60.7 Å². The molecule has 0 radical (unpaired) electrons. The van der Waals surface area contributed by atoms with Gasteiger partial charge >= 0.3 is 0 Å². The summed E-state index contributed by atoms with van der Waals surface area (Å²) in [6, 6.07) is 20.8. The van der Waals surface area contributed by atoms with E-state index in [4.69, 9.17) is 4.74 Å². The Hall–Kier alpha value is -1.33. The monoisotopic (exact) mass is 298 g/mol. The van der Waals surface area contributed by atoms with E-state index >= 15 is 0 Å². The first-order chi connectivity index (χ1) is 10.3. The van der Waals surface area contributed by atoms with Crippen LogP contribution in [0.15, 0.2) is 60.7 Å². The Kier molecular flexibility index (Phi) is 3.08. The van der Waals surface area contributed by atoms with Crippen LogP contribution >= 0.6 is 11.8 Å². The summed E-state index contributed by atoms with van der Waals surface area (Å²) in [5.41, 5.74) is 8.24. The highest BCUT2D eigenvalue weighted by Crippen LogP contribution is 2.49. The van der Waals surface area contributed by atoms with Crippen molar-refractivity contribution in [1.29, 1.82) is 0 Å². The molecular weight excluding hydrogens is 280 g/mol. The molecule has 0 amide bonds. The molecule has 2 aliphatic rings. The third kappa shape index (κ3) is 1.94. The molecule has 2 heterocycles. The first-order valence-electron chi connectivity index (χ1n) is 7.22. The van der Waals surface area contributed by atoms with Crippen LogP contribution in [0.3, 0.4) is 0 Å². The fraction of sp³-hybridized carbons (Fsp3) is 0.294. The first kappa shape index (κ1) is 13.3. The number of benzene rings is 2. The molecular formula is C17H18N2OS. The zero-order valence-corrected chi connectivity index (χ0v) is 12.7. The van der Waals surface area contributed by atoms with Gasteiger partial charge in [-0.2, -0.15) is 0 Å². The molecule has 0 saturated carbocycles. The highest BCUT2D eigenvalue weighted by atomic mass is 32.2. The van der Waals surface area contributed by atoms with E-state index in [0.717, 1.165) is 16.9 Å². The van der Waals surface area contributed by atoms with Crippen LogP contribution in [-0.4, -0.2) is 11.0 Å². The molecule has 2 N–H and O–H groups in total. The van der Waals surface area contributed by atoms with Crippen molar-refractivity contribution in [2.75, 3.05) is 5.75 Å². The van der Waals surface area contributed by atoms with E-state index in [0.29, 0.717) is 5.25 Å². The lowest BCUT2D eigenvalue weighted by molar-refractivity contribution is -0.117. The smallest absolute Gasteiger partial charge is 0.172 e. The molecule has 3 unspecified atom stereocenters.